The second kappa shape index (κ2) is 6.13. The highest BCUT2D eigenvalue weighted by atomic mass is 32.2. The van der Waals surface area contributed by atoms with Crippen molar-refractivity contribution >= 4 is 10.2 Å². The molecule has 1 fully saturated rings. The molecule has 0 radical (unpaired) electrons. The summed E-state index contributed by atoms with van der Waals surface area (Å²) in [6, 6.07) is 0.0740. The Morgan fingerprint density at radius 2 is 2.06 bits per heavy atom. The van der Waals surface area contributed by atoms with Gasteiger partial charge in [0.05, 0.1) is 0 Å². The smallest absolute Gasteiger partial charge is 0.281 e. The van der Waals surface area contributed by atoms with E-state index in [9.17, 15) is 8.42 Å². The van der Waals surface area contributed by atoms with Crippen LogP contribution < -0.4 is 5.32 Å². The van der Waals surface area contributed by atoms with E-state index in [1.54, 1.807) is 18.4 Å². The van der Waals surface area contributed by atoms with Gasteiger partial charge in [-0.25, -0.2) is 0 Å². The van der Waals surface area contributed by atoms with Crippen LogP contribution in [0, 0.1) is 5.92 Å². The molecule has 1 atom stereocenters. The summed E-state index contributed by atoms with van der Waals surface area (Å²) in [6.07, 6.45) is 1.78. The van der Waals surface area contributed by atoms with Gasteiger partial charge in [0, 0.05) is 33.2 Å². The summed E-state index contributed by atoms with van der Waals surface area (Å²) < 4.78 is 27.5. The van der Waals surface area contributed by atoms with Crippen molar-refractivity contribution in [2.75, 3.05) is 33.7 Å². The predicted octanol–water partition coefficient (Wildman–Crippen LogP) is 0.503. The maximum Gasteiger partial charge on any atom is 0.281 e. The largest absolute Gasteiger partial charge is 0.315 e. The molecule has 0 aromatic heterocycles. The molecule has 1 rings (SSSR count). The fraction of sp³-hybridized carbons (Fsp3) is 1.00. The predicted molar refractivity (Wildman–Crippen MR) is 70.0 cm³/mol. The summed E-state index contributed by atoms with van der Waals surface area (Å²) in [5, 5.41) is 3.32. The van der Waals surface area contributed by atoms with Gasteiger partial charge in [-0.05, 0) is 25.3 Å². The van der Waals surface area contributed by atoms with Gasteiger partial charge in [-0.1, -0.05) is 13.8 Å². The standard InChI is InChI=1S/C11H25N3O2S/c1-10(2)8-11-9-12-6-5-7-14(11)17(15,16)13(3)4/h10-12H,5-9H2,1-4H3. The maximum absolute atomic E-state index is 12.3. The van der Waals surface area contributed by atoms with Crippen molar-refractivity contribution in [3.63, 3.8) is 0 Å². The van der Waals surface area contributed by atoms with E-state index in [4.69, 9.17) is 0 Å². The van der Waals surface area contributed by atoms with E-state index in [2.05, 4.69) is 19.2 Å². The molecule has 1 N–H and O–H groups in total. The Kier molecular flexibility index (Phi) is 5.37. The van der Waals surface area contributed by atoms with Crippen molar-refractivity contribution in [3.8, 4) is 0 Å². The molecule has 0 saturated carbocycles. The SMILES string of the molecule is CC(C)CC1CNCCCN1S(=O)(=O)N(C)C. The molecular weight excluding hydrogens is 238 g/mol. The molecular formula is C11H25N3O2S. The van der Waals surface area contributed by atoms with Gasteiger partial charge in [-0.15, -0.1) is 0 Å². The third kappa shape index (κ3) is 3.91. The average molecular weight is 263 g/mol. The van der Waals surface area contributed by atoms with Crippen molar-refractivity contribution < 1.29 is 8.42 Å². The van der Waals surface area contributed by atoms with E-state index >= 15 is 0 Å². The fourth-order valence-electron chi connectivity index (χ4n) is 2.17. The lowest BCUT2D eigenvalue weighted by Gasteiger charge is -2.32. The molecule has 1 aliphatic rings. The molecule has 102 valence electrons. The van der Waals surface area contributed by atoms with Gasteiger partial charge in [-0.2, -0.15) is 17.0 Å². The van der Waals surface area contributed by atoms with Crippen molar-refractivity contribution in [3.05, 3.63) is 0 Å². The zero-order valence-corrected chi connectivity index (χ0v) is 12.1. The van der Waals surface area contributed by atoms with Crippen LogP contribution in [0.4, 0.5) is 0 Å². The average Bonchev–Trinajstić information content (AvgIpc) is 2.42. The molecule has 6 heteroatoms. The molecule has 0 aromatic rings. The third-order valence-electron chi connectivity index (χ3n) is 3.02. The molecule has 1 heterocycles. The van der Waals surface area contributed by atoms with Crippen LogP contribution in [0.25, 0.3) is 0 Å². The summed E-state index contributed by atoms with van der Waals surface area (Å²) in [7, 11) is -0.0968. The monoisotopic (exact) mass is 263 g/mol. The van der Waals surface area contributed by atoms with Crippen molar-refractivity contribution in [1.29, 1.82) is 0 Å². The quantitative estimate of drug-likeness (QED) is 0.804. The van der Waals surface area contributed by atoms with E-state index in [1.165, 1.54) is 4.31 Å². The Hall–Kier alpha value is -0.170. The fourth-order valence-corrected chi connectivity index (χ4v) is 3.49. The lowest BCUT2D eigenvalue weighted by Crippen LogP contribution is -2.48. The second-order valence-corrected chi connectivity index (χ2v) is 7.34. The van der Waals surface area contributed by atoms with E-state index in [0.29, 0.717) is 12.5 Å². The van der Waals surface area contributed by atoms with Crippen LogP contribution >= 0.6 is 0 Å². The van der Waals surface area contributed by atoms with Crippen molar-refractivity contribution in [1.82, 2.24) is 13.9 Å². The first-order valence-electron chi connectivity index (χ1n) is 6.25. The molecule has 5 nitrogen and oxygen atoms in total. The van der Waals surface area contributed by atoms with Crippen LogP contribution in [0.3, 0.4) is 0 Å². The highest BCUT2D eigenvalue weighted by Gasteiger charge is 2.32. The van der Waals surface area contributed by atoms with Crippen LogP contribution in [0.2, 0.25) is 0 Å². The third-order valence-corrected chi connectivity index (χ3v) is 5.02. The Morgan fingerprint density at radius 3 is 2.59 bits per heavy atom. The van der Waals surface area contributed by atoms with Crippen molar-refractivity contribution in [2.45, 2.75) is 32.7 Å². The minimum atomic E-state index is -3.29. The van der Waals surface area contributed by atoms with Crippen LogP contribution in [0.15, 0.2) is 0 Å². The summed E-state index contributed by atoms with van der Waals surface area (Å²) in [6.45, 7) is 6.53. The number of rotatable bonds is 4. The number of hydrogen-bond donors (Lipinski definition) is 1. The number of hydrogen-bond acceptors (Lipinski definition) is 3. The highest BCUT2D eigenvalue weighted by molar-refractivity contribution is 7.86. The zero-order valence-electron chi connectivity index (χ0n) is 11.3. The van der Waals surface area contributed by atoms with Gasteiger partial charge in [0.15, 0.2) is 0 Å². The number of nitrogens with one attached hydrogen (secondary N) is 1. The second-order valence-electron chi connectivity index (χ2n) is 5.24. The maximum atomic E-state index is 12.3. The first-order valence-corrected chi connectivity index (χ1v) is 7.65. The van der Waals surface area contributed by atoms with Gasteiger partial charge < -0.3 is 5.32 Å². The molecule has 1 unspecified atom stereocenters. The Labute approximate surface area is 105 Å². The van der Waals surface area contributed by atoms with Crippen molar-refractivity contribution in [2.24, 2.45) is 5.92 Å². The first-order chi connectivity index (χ1) is 7.85. The molecule has 0 aromatic carbocycles. The van der Waals surface area contributed by atoms with Crippen LogP contribution in [-0.4, -0.2) is 56.8 Å². The topological polar surface area (TPSA) is 52.7 Å². The van der Waals surface area contributed by atoms with Gasteiger partial charge in [-0.3, -0.25) is 0 Å². The van der Waals surface area contributed by atoms with E-state index in [0.717, 1.165) is 25.9 Å². The number of nitrogens with zero attached hydrogens (tertiary/aromatic N) is 2. The summed E-state index contributed by atoms with van der Waals surface area (Å²) in [5.74, 6) is 0.500. The van der Waals surface area contributed by atoms with Crippen LogP contribution in [0.5, 0.6) is 0 Å². The van der Waals surface area contributed by atoms with Crippen LogP contribution in [-0.2, 0) is 10.2 Å². The summed E-state index contributed by atoms with van der Waals surface area (Å²) in [4.78, 5) is 0. The normalized spacial score (nSPS) is 24.2. The van der Waals surface area contributed by atoms with E-state index < -0.39 is 10.2 Å². The molecule has 17 heavy (non-hydrogen) atoms. The summed E-state index contributed by atoms with van der Waals surface area (Å²) >= 11 is 0. The molecule has 1 aliphatic heterocycles. The highest BCUT2D eigenvalue weighted by Crippen LogP contribution is 2.18. The van der Waals surface area contributed by atoms with E-state index in [-0.39, 0.29) is 6.04 Å². The molecule has 1 saturated heterocycles. The Balaban J connectivity index is 2.89. The molecule has 0 spiro atoms. The molecule has 0 amide bonds. The summed E-state index contributed by atoms with van der Waals surface area (Å²) in [5.41, 5.74) is 0. The molecule has 0 aliphatic carbocycles. The lowest BCUT2D eigenvalue weighted by atomic mass is 10.0. The minimum absolute atomic E-state index is 0.0740. The van der Waals surface area contributed by atoms with E-state index in [1.807, 2.05) is 0 Å². The zero-order chi connectivity index (χ0) is 13.1. The van der Waals surface area contributed by atoms with Gasteiger partial charge in [0.25, 0.3) is 10.2 Å². The minimum Gasteiger partial charge on any atom is -0.315 e. The Bertz CT molecular complexity index is 328. The van der Waals surface area contributed by atoms with Gasteiger partial charge in [0.2, 0.25) is 0 Å². The molecule has 0 bridgehead atoms. The first kappa shape index (κ1) is 14.9. The Morgan fingerprint density at radius 1 is 1.41 bits per heavy atom. The van der Waals surface area contributed by atoms with Gasteiger partial charge >= 0.3 is 0 Å². The van der Waals surface area contributed by atoms with Crippen LogP contribution in [0.1, 0.15) is 26.7 Å². The lowest BCUT2D eigenvalue weighted by molar-refractivity contribution is 0.278. The van der Waals surface area contributed by atoms with Gasteiger partial charge in [0.1, 0.15) is 0 Å².